The number of anilines is 1. The van der Waals surface area contributed by atoms with Crippen molar-refractivity contribution in [3.8, 4) is 11.3 Å². The van der Waals surface area contributed by atoms with Crippen molar-refractivity contribution in [2.45, 2.75) is 0 Å². The molecule has 1 heterocycles. The molecule has 0 atom stereocenters. The van der Waals surface area contributed by atoms with Crippen molar-refractivity contribution in [3.05, 3.63) is 45.7 Å². The minimum atomic E-state index is -0.436. The number of halogens is 1. The maximum Gasteiger partial charge on any atom is 0.295 e. The van der Waals surface area contributed by atoms with Crippen LogP contribution in [0.3, 0.4) is 0 Å². The first-order valence-electron chi connectivity index (χ1n) is 4.19. The summed E-state index contributed by atoms with van der Waals surface area (Å²) in [7, 11) is 0. The van der Waals surface area contributed by atoms with Gasteiger partial charge in [-0.3, -0.25) is 4.79 Å². The molecule has 0 aliphatic rings. The van der Waals surface area contributed by atoms with Gasteiger partial charge >= 0.3 is 0 Å². The van der Waals surface area contributed by atoms with E-state index in [1.54, 1.807) is 24.3 Å². The van der Waals surface area contributed by atoms with E-state index >= 15 is 0 Å². The van der Waals surface area contributed by atoms with Gasteiger partial charge in [0.05, 0.1) is 0 Å². The fraction of sp³-hybridized carbons (Fsp3) is 0. The van der Waals surface area contributed by atoms with Gasteiger partial charge in [-0.25, -0.2) is 0 Å². The third-order valence-corrected chi connectivity index (χ3v) is 2.03. The predicted molar refractivity (Wildman–Crippen MR) is 57.6 cm³/mol. The molecule has 5 heteroatoms. The van der Waals surface area contributed by atoms with Crippen LogP contribution >= 0.6 is 11.6 Å². The molecule has 2 aromatic rings. The molecule has 0 unspecified atom stereocenters. The number of hydrogen-bond acceptors (Lipinski definition) is 4. The lowest BCUT2D eigenvalue weighted by Gasteiger charge is -2.00. The van der Waals surface area contributed by atoms with Gasteiger partial charge in [0.25, 0.3) is 11.6 Å². The highest BCUT2D eigenvalue weighted by molar-refractivity contribution is 6.30. The molecule has 0 aliphatic heterocycles. The second kappa shape index (κ2) is 3.74. The second-order valence-electron chi connectivity index (χ2n) is 2.91. The zero-order chi connectivity index (χ0) is 10.8. The Kier molecular flexibility index (Phi) is 2.43. The third-order valence-electron chi connectivity index (χ3n) is 1.80. The summed E-state index contributed by atoms with van der Waals surface area (Å²) in [5.41, 5.74) is 5.58. The molecule has 15 heavy (non-hydrogen) atoms. The quantitative estimate of drug-likeness (QED) is 0.801. The van der Waals surface area contributed by atoms with Crippen molar-refractivity contribution in [1.29, 1.82) is 0 Å². The lowest BCUT2D eigenvalue weighted by atomic mass is 10.2. The number of benzene rings is 1. The van der Waals surface area contributed by atoms with Crippen LogP contribution in [-0.2, 0) is 0 Å². The normalized spacial score (nSPS) is 10.2. The molecule has 1 aromatic carbocycles. The van der Waals surface area contributed by atoms with Crippen LogP contribution in [0.25, 0.3) is 11.3 Å². The van der Waals surface area contributed by atoms with Crippen LogP contribution < -0.4 is 11.3 Å². The predicted octanol–water partition coefficient (Wildman–Crippen LogP) is 1.94. The molecule has 1 aromatic heterocycles. The minimum absolute atomic E-state index is 0.155. The first kappa shape index (κ1) is 9.73. The Morgan fingerprint density at radius 1 is 1.33 bits per heavy atom. The van der Waals surface area contributed by atoms with E-state index in [9.17, 15) is 4.79 Å². The molecule has 0 saturated heterocycles. The Balaban J connectivity index is 2.59. The smallest absolute Gasteiger partial charge is 0.295 e. The Hall–Kier alpha value is -1.81. The molecule has 0 aliphatic carbocycles. The summed E-state index contributed by atoms with van der Waals surface area (Å²) in [5.74, 6) is 0.356. The van der Waals surface area contributed by atoms with Crippen molar-refractivity contribution < 1.29 is 4.42 Å². The number of nitrogen functional groups attached to an aromatic ring is 1. The lowest BCUT2D eigenvalue weighted by Crippen LogP contribution is -2.07. The van der Waals surface area contributed by atoms with E-state index in [2.05, 4.69) is 4.98 Å². The van der Waals surface area contributed by atoms with Gasteiger partial charge in [0, 0.05) is 16.7 Å². The van der Waals surface area contributed by atoms with Crippen LogP contribution in [-0.4, -0.2) is 4.98 Å². The number of aromatic nitrogens is 1. The molecule has 4 nitrogen and oxygen atoms in total. The van der Waals surface area contributed by atoms with Crippen molar-refractivity contribution in [2.24, 2.45) is 0 Å². The van der Waals surface area contributed by atoms with E-state index < -0.39 is 5.56 Å². The molecule has 0 bridgehead atoms. The van der Waals surface area contributed by atoms with Gasteiger partial charge < -0.3 is 10.2 Å². The molecular weight excluding hydrogens is 216 g/mol. The van der Waals surface area contributed by atoms with Gasteiger partial charge in [0.2, 0.25) is 0 Å². The highest BCUT2D eigenvalue weighted by atomic mass is 35.5. The summed E-state index contributed by atoms with van der Waals surface area (Å²) in [6.07, 6.45) is 0. The highest BCUT2D eigenvalue weighted by Gasteiger charge is 2.04. The van der Waals surface area contributed by atoms with Gasteiger partial charge in [-0.05, 0) is 12.1 Å². The summed E-state index contributed by atoms with van der Waals surface area (Å²) < 4.78 is 5.11. The summed E-state index contributed by atoms with van der Waals surface area (Å²) in [6, 6.07) is 8.05. The second-order valence-corrected chi connectivity index (χ2v) is 3.35. The lowest BCUT2D eigenvalue weighted by molar-refractivity contribution is 0.564. The van der Waals surface area contributed by atoms with E-state index in [0.717, 1.165) is 0 Å². The van der Waals surface area contributed by atoms with Crippen molar-refractivity contribution in [2.75, 3.05) is 5.73 Å². The van der Waals surface area contributed by atoms with Gasteiger partial charge in [0.1, 0.15) is 5.76 Å². The standard InChI is InChI=1S/C10H7ClN2O2/c11-7-3-1-2-6(4-7)8-5-9(14)13-10(12)15-8/h1-5H,(H2,12,13,14). The van der Waals surface area contributed by atoms with Gasteiger partial charge in [0.15, 0.2) is 0 Å². The molecule has 2 rings (SSSR count). The van der Waals surface area contributed by atoms with Crippen molar-refractivity contribution in [1.82, 2.24) is 4.98 Å². The molecule has 0 radical (unpaired) electrons. The molecular formula is C10H7ClN2O2. The topological polar surface area (TPSA) is 69.1 Å². The minimum Gasteiger partial charge on any atom is -0.425 e. The van der Waals surface area contributed by atoms with Crippen LogP contribution in [0.2, 0.25) is 5.02 Å². The fourth-order valence-corrected chi connectivity index (χ4v) is 1.39. The fourth-order valence-electron chi connectivity index (χ4n) is 1.20. The van der Waals surface area contributed by atoms with E-state index in [1.807, 2.05) is 0 Å². The number of rotatable bonds is 1. The zero-order valence-electron chi connectivity index (χ0n) is 7.61. The van der Waals surface area contributed by atoms with E-state index in [4.69, 9.17) is 21.8 Å². The van der Waals surface area contributed by atoms with Crippen LogP contribution in [0.5, 0.6) is 0 Å². The Labute approximate surface area is 90.3 Å². The maximum absolute atomic E-state index is 11.1. The Bertz CT molecular complexity index is 551. The van der Waals surface area contributed by atoms with Crippen molar-refractivity contribution >= 4 is 17.6 Å². The molecule has 0 amide bonds. The van der Waals surface area contributed by atoms with E-state index in [1.165, 1.54) is 6.07 Å². The van der Waals surface area contributed by atoms with Crippen LogP contribution in [0.15, 0.2) is 39.5 Å². The summed E-state index contributed by atoms with van der Waals surface area (Å²) >= 11 is 5.81. The first-order chi connectivity index (χ1) is 7.15. The third kappa shape index (κ3) is 2.16. The molecule has 0 spiro atoms. The average molecular weight is 223 g/mol. The summed E-state index contributed by atoms with van der Waals surface area (Å²) in [4.78, 5) is 14.5. The van der Waals surface area contributed by atoms with Gasteiger partial charge in [-0.15, -0.1) is 0 Å². The van der Waals surface area contributed by atoms with Crippen molar-refractivity contribution in [3.63, 3.8) is 0 Å². The van der Waals surface area contributed by atoms with Gasteiger partial charge in [-0.1, -0.05) is 23.7 Å². The molecule has 0 fully saturated rings. The van der Waals surface area contributed by atoms with Crippen LogP contribution in [0, 0.1) is 0 Å². The first-order valence-corrected chi connectivity index (χ1v) is 4.56. The Morgan fingerprint density at radius 2 is 2.13 bits per heavy atom. The largest absolute Gasteiger partial charge is 0.425 e. The SMILES string of the molecule is Nc1nc(=O)cc(-c2cccc(Cl)c2)o1. The zero-order valence-corrected chi connectivity index (χ0v) is 8.36. The summed E-state index contributed by atoms with van der Waals surface area (Å²) in [6.45, 7) is 0. The molecule has 0 saturated carbocycles. The van der Waals surface area contributed by atoms with E-state index in [0.29, 0.717) is 16.3 Å². The average Bonchev–Trinajstić information content (AvgIpc) is 2.16. The van der Waals surface area contributed by atoms with Gasteiger partial charge in [-0.2, -0.15) is 4.98 Å². The Morgan fingerprint density at radius 3 is 2.80 bits per heavy atom. The maximum atomic E-state index is 11.1. The van der Waals surface area contributed by atoms with Crippen LogP contribution in [0.4, 0.5) is 6.01 Å². The number of nitrogens with zero attached hydrogens (tertiary/aromatic N) is 1. The van der Waals surface area contributed by atoms with Crippen LogP contribution in [0.1, 0.15) is 0 Å². The molecule has 76 valence electrons. The number of hydrogen-bond donors (Lipinski definition) is 1. The monoisotopic (exact) mass is 222 g/mol. The highest BCUT2D eigenvalue weighted by Crippen LogP contribution is 2.22. The van der Waals surface area contributed by atoms with E-state index in [-0.39, 0.29) is 6.01 Å². The summed E-state index contributed by atoms with van der Waals surface area (Å²) in [5, 5.41) is 0.561. The molecule has 2 N–H and O–H groups in total. The number of nitrogens with two attached hydrogens (primary N) is 1.